The molecule has 2 aromatic heterocycles. The van der Waals surface area contributed by atoms with E-state index in [1.165, 1.54) is 16.8 Å². The number of nitrogens with zero attached hydrogens (tertiary/aromatic N) is 3. The molecule has 0 radical (unpaired) electrons. The van der Waals surface area contributed by atoms with Gasteiger partial charge in [0.2, 0.25) is 0 Å². The van der Waals surface area contributed by atoms with E-state index in [4.69, 9.17) is 4.74 Å². The Balaban J connectivity index is 1.49. The number of amides is 2. The molecule has 0 aliphatic carbocycles. The molecule has 182 valence electrons. The van der Waals surface area contributed by atoms with E-state index in [2.05, 4.69) is 20.7 Å². The standard InChI is InChI=1S/C25H27N5O5/c1-14(19(31)12-25(2,3)4)28-24(34)18-11-17(29-21-7-8-27-30(18)21)23(33)26-13-15-5-6-20-16(9-15)10-22(32)35-20/h5-9,11,14H,10,12-13H2,1-4H3,(H,26,33)(H,28,34)/t14-/m0/s1. The lowest BCUT2D eigenvalue weighted by Crippen LogP contribution is -2.40. The van der Waals surface area contributed by atoms with Gasteiger partial charge in [0.1, 0.15) is 17.1 Å². The second-order valence-corrected chi connectivity index (χ2v) is 9.80. The number of carbonyl (C=O) groups excluding carboxylic acids is 4. The highest BCUT2D eigenvalue weighted by Gasteiger charge is 2.25. The fourth-order valence-corrected chi connectivity index (χ4v) is 3.79. The maximum Gasteiger partial charge on any atom is 0.315 e. The summed E-state index contributed by atoms with van der Waals surface area (Å²) in [5, 5.41) is 9.61. The number of rotatable bonds is 7. The third-order valence-electron chi connectivity index (χ3n) is 5.50. The van der Waals surface area contributed by atoms with Crippen molar-refractivity contribution in [3.63, 3.8) is 0 Å². The number of fused-ring (bicyclic) bond motifs is 2. The number of ether oxygens (including phenoxy) is 1. The highest BCUT2D eigenvalue weighted by atomic mass is 16.5. The molecule has 2 N–H and O–H groups in total. The van der Waals surface area contributed by atoms with Crippen LogP contribution >= 0.6 is 0 Å². The Morgan fingerprint density at radius 1 is 1.14 bits per heavy atom. The number of hydrogen-bond donors (Lipinski definition) is 2. The lowest BCUT2D eigenvalue weighted by molar-refractivity contribution is -0.131. The molecule has 1 aliphatic rings. The van der Waals surface area contributed by atoms with Crippen LogP contribution in [0.2, 0.25) is 0 Å². The van der Waals surface area contributed by atoms with Crippen LogP contribution in [0.25, 0.3) is 5.65 Å². The molecule has 35 heavy (non-hydrogen) atoms. The van der Waals surface area contributed by atoms with Crippen LogP contribution in [0, 0.1) is 5.41 Å². The van der Waals surface area contributed by atoms with Crippen LogP contribution < -0.4 is 15.4 Å². The molecule has 0 saturated carbocycles. The third kappa shape index (κ3) is 5.53. The molecule has 1 aromatic carbocycles. The Labute approximate surface area is 202 Å². The van der Waals surface area contributed by atoms with E-state index < -0.39 is 17.9 Å². The van der Waals surface area contributed by atoms with Crippen molar-refractivity contribution in [1.29, 1.82) is 0 Å². The van der Waals surface area contributed by atoms with Gasteiger partial charge in [-0.3, -0.25) is 19.2 Å². The van der Waals surface area contributed by atoms with Crippen LogP contribution in [0.5, 0.6) is 5.75 Å². The smallest absolute Gasteiger partial charge is 0.315 e. The molecule has 3 aromatic rings. The molecule has 0 saturated heterocycles. The van der Waals surface area contributed by atoms with Gasteiger partial charge in [-0.15, -0.1) is 0 Å². The monoisotopic (exact) mass is 477 g/mol. The Hall–Kier alpha value is -4.08. The van der Waals surface area contributed by atoms with Gasteiger partial charge in [0, 0.05) is 30.7 Å². The Morgan fingerprint density at radius 3 is 2.66 bits per heavy atom. The largest absolute Gasteiger partial charge is 0.426 e. The van der Waals surface area contributed by atoms with Crippen molar-refractivity contribution in [2.75, 3.05) is 0 Å². The third-order valence-corrected chi connectivity index (χ3v) is 5.50. The maximum absolute atomic E-state index is 13.0. The van der Waals surface area contributed by atoms with Gasteiger partial charge in [-0.1, -0.05) is 26.8 Å². The van der Waals surface area contributed by atoms with Crippen molar-refractivity contribution in [3.05, 3.63) is 59.0 Å². The second kappa shape index (κ2) is 9.28. The van der Waals surface area contributed by atoms with E-state index in [0.29, 0.717) is 17.8 Å². The first kappa shape index (κ1) is 24.1. The quantitative estimate of drug-likeness (QED) is 0.394. The average molecular weight is 478 g/mol. The van der Waals surface area contributed by atoms with Crippen molar-refractivity contribution in [1.82, 2.24) is 25.2 Å². The zero-order valence-electron chi connectivity index (χ0n) is 20.0. The van der Waals surface area contributed by atoms with Crippen molar-refractivity contribution in [2.24, 2.45) is 5.41 Å². The maximum atomic E-state index is 13.0. The average Bonchev–Trinajstić information content (AvgIpc) is 3.40. The summed E-state index contributed by atoms with van der Waals surface area (Å²) in [6.45, 7) is 7.70. The van der Waals surface area contributed by atoms with Crippen molar-refractivity contribution >= 4 is 29.2 Å². The first-order chi connectivity index (χ1) is 16.5. The predicted octanol–water partition coefficient (Wildman–Crippen LogP) is 2.24. The number of benzene rings is 1. The van der Waals surface area contributed by atoms with E-state index in [9.17, 15) is 19.2 Å². The van der Waals surface area contributed by atoms with Crippen LogP contribution in [0.15, 0.2) is 36.5 Å². The first-order valence-electron chi connectivity index (χ1n) is 11.3. The molecule has 1 atom stereocenters. The van der Waals surface area contributed by atoms with Gasteiger partial charge in [0.25, 0.3) is 11.8 Å². The van der Waals surface area contributed by atoms with Crippen molar-refractivity contribution in [3.8, 4) is 5.75 Å². The molecule has 0 unspecified atom stereocenters. The van der Waals surface area contributed by atoms with E-state index in [1.807, 2.05) is 26.8 Å². The van der Waals surface area contributed by atoms with Gasteiger partial charge in [-0.25, -0.2) is 9.50 Å². The summed E-state index contributed by atoms with van der Waals surface area (Å²) in [7, 11) is 0. The molecule has 0 bridgehead atoms. The highest BCUT2D eigenvalue weighted by molar-refractivity contribution is 6.00. The van der Waals surface area contributed by atoms with Crippen LogP contribution in [0.4, 0.5) is 0 Å². The van der Waals surface area contributed by atoms with Gasteiger partial charge in [0.05, 0.1) is 18.7 Å². The van der Waals surface area contributed by atoms with Crippen LogP contribution in [0.3, 0.4) is 0 Å². The zero-order valence-corrected chi connectivity index (χ0v) is 20.0. The minimum Gasteiger partial charge on any atom is -0.426 e. The summed E-state index contributed by atoms with van der Waals surface area (Å²) >= 11 is 0. The molecular formula is C25H27N5O5. The number of Topliss-reactive ketones (excluding diaryl/α,β-unsaturated/α-hetero) is 1. The molecule has 10 nitrogen and oxygen atoms in total. The number of nitrogens with one attached hydrogen (secondary N) is 2. The van der Waals surface area contributed by atoms with Crippen molar-refractivity contribution in [2.45, 2.75) is 53.1 Å². The molecular weight excluding hydrogens is 450 g/mol. The predicted molar refractivity (Wildman–Crippen MR) is 126 cm³/mol. The fraction of sp³-hybridized carbons (Fsp3) is 0.360. The van der Waals surface area contributed by atoms with Gasteiger partial charge >= 0.3 is 5.97 Å². The van der Waals surface area contributed by atoms with Crippen LogP contribution in [-0.2, 0) is 22.6 Å². The number of hydrogen-bond acceptors (Lipinski definition) is 7. The van der Waals surface area contributed by atoms with Gasteiger partial charge < -0.3 is 15.4 Å². The number of ketones is 1. The lowest BCUT2D eigenvalue weighted by Gasteiger charge is -2.20. The first-order valence-corrected chi connectivity index (χ1v) is 11.3. The molecule has 0 spiro atoms. The number of esters is 1. The number of aromatic nitrogens is 3. The minimum absolute atomic E-state index is 0.0384. The molecule has 4 rings (SSSR count). The summed E-state index contributed by atoms with van der Waals surface area (Å²) in [5.41, 5.74) is 1.82. The Morgan fingerprint density at radius 2 is 1.91 bits per heavy atom. The van der Waals surface area contributed by atoms with Crippen LogP contribution in [-0.4, -0.2) is 44.2 Å². The van der Waals surface area contributed by atoms with E-state index >= 15 is 0 Å². The van der Waals surface area contributed by atoms with E-state index in [1.54, 1.807) is 25.1 Å². The molecule has 1 aliphatic heterocycles. The molecule has 0 fully saturated rings. The highest BCUT2D eigenvalue weighted by Crippen LogP contribution is 2.26. The van der Waals surface area contributed by atoms with Crippen molar-refractivity contribution < 1.29 is 23.9 Å². The van der Waals surface area contributed by atoms with Gasteiger partial charge in [0.15, 0.2) is 11.4 Å². The van der Waals surface area contributed by atoms with E-state index in [-0.39, 0.29) is 41.5 Å². The van der Waals surface area contributed by atoms with Gasteiger partial charge in [-0.2, -0.15) is 5.10 Å². The van der Waals surface area contributed by atoms with E-state index in [0.717, 1.165) is 11.1 Å². The van der Waals surface area contributed by atoms with Crippen LogP contribution in [0.1, 0.15) is 66.2 Å². The molecule has 2 amide bonds. The summed E-state index contributed by atoms with van der Waals surface area (Å²) in [6, 6.07) is 7.50. The topological polar surface area (TPSA) is 132 Å². The molecule has 10 heteroatoms. The SMILES string of the molecule is C[C@H](NC(=O)c1cc(C(=O)NCc2ccc3c(c2)CC(=O)O3)nc2ccnn12)C(=O)CC(C)(C)C. The Bertz CT molecular complexity index is 1340. The second-order valence-electron chi connectivity index (χ2n) is 9.80. The lowest BCUT2D eigenvalue weighted by atomic mass is 9.88. The van der Waals surface area contributed by atoms with Gasteiger partial charge in [-0.05, 0) is 30.0 Å². The zero-order chi connectivity index (χ0) is 25.3. The summed E-state index contributed by atoms with van der Waals surface area (Å²) < 4.78 is 6.41. The fourth-order valence-electron chi connectivity index (χ4n) is 3.79. The summed E-state index contributed by atoms with van der Waals surface area (Å²) in [4.78, 5) is 54.1. The minimum atomic E-state index is -0.701. The normalized spacial score (nSPS) is 13.8. The molecule has 3 heterocycles. The summed E-state index contributed by atoms with van der Waals surface area (Å²) in [6.07, 6.45) is 1.99. The Kier molecular flexibility index (Phi) is 6.38. The summed E-state index contributed by atoms with van der Waals surface area (Å²) in [5.74, 6) is -0.875. The number of carbonyl (C=O) groups is 4.